The molecule has 1 heterocycles. The molecule has 0 N–H and O–H groups in total. The number of imidazole rings is 1. The van der Waals surface area contributed by atoms with Gasteiger partial charge in [0.05, 0.1) is 17.7 Å². The van der Waals surface area contributed by atoms with Crippen molar-refractivity contribution in [1.82, 2.24) is 9.55 Å². The predicted octanol–water partition coefficient (Wildman–Crippen LogP) is 4.80. The average Bonchev–Trinajstić information content (AvgIpc) is 2.94. The third-order valence-electron chi connectivity index (χ3n) is 3.44. The van der Waals surface area contributed by atoms with Gasteiger partial charge in [0.2, 0.25) is 0 Å². The van der Waals surface area contributed by atoms with E-state index in [1.807, 2.05) is 18.5 Å². The van der Waals surface area contributed by atoms with E-state index in [0.29, 0.717) is 6.04 Å². The van der Waals surface area contributed by atoms with Crippen LogP contribution >= 0.6 is 0 Å². The van der Waals surface area contributed by atoms with Crippen LogP contribution in [-0.4, -0.2) is 9.55 Å². The molecule has 0 aliphatic rings. The molecule has 0 saturated carbocycles. The highest BCUT2D eigenvalue weighted by molar-refractivity contribution is 5.78. The predicted molar refractivity (Wildman–Crippen MR) is 83.5 cm³/mol. The Labute approximate surface area is 119 Å². The van der Waals surface area contributed by atoms with Crippen molar-refractivity contribution in [2.45, 2.75) is 19.9 Å². The highest BCUT2D eigenvalue weighted by atomic mass is 15.1. The van der Waals surface area contributed by atoms with Gasteiger partial charge in [-0.2, -0.15) is 0 Å². The van der Waals surface area contributed by atoms with Crippen molar-refractivity contribution in [2.24, 2.45) is 0 Å². The second kappa shape index (κ2) is 5.33. The summed E-state index contributed by atoms with van der Waals surface area (Å²) in [7, 11) is 0. The Morgan fingerprint density at radius 1 is 0.800 bits per heavy atom. The quantitative estimate of drug-likeness (QED) is 0.663. The molecule has 0 unspecified atom stereocenters. The van der Waals surface area contributed by atoms with Gasteiger partial charge in [0.1, 0.15) is 0 Å². The minimum absolute atomic E-state index is 0.384. The lowest BCUT2D eigenvalue weighted by Crippen LogP contribution is -2.01. The Morgan fingerprint density at radius 2 is 1.35 bits per heavy atom. The second-order valence-electron chi connectivity index (χ2n) is 5.17. The third-order valence-corrected chi connectivity index (χ3v) is 3.44. The zero-order chi connectivity index (χ0) is 13.9. The Bertz CT molecular complexity index is 682. The molecule has 20 heavy (non-hydrogen) atoms. The van der Waals surface area contributed by atoms with E-state index in [0.717, 1.165) is 11.3 Å². The Hall–Kier alpha value is -2.35. The smallest absolute Gasteiger partial charge is 0.0963 e. The van der Waals surface area contributed by atoms with Crippen molar-refractivity contribution in [3.8, 4) is 22.5 Å². The third kappa shape index (κ3) is 2.25. The van der Waals surface area contributed by atoms with Gasteiger partial charge in [-0.1, -0.05) is 60.7 Å². The number of hydrogen-bond acceptors (Lipinski definition) is 1. The number of benzene rings is 2. The highest BCUT2D eigenvalue weighted by Gasteiger charge is 2.15. The van der Waals surface area contributed by atoms with E-state index in [-0.39, 0.29) is 0 Å². The van der Waals surface area contributed by atoms with Crippen molar-refractivity contribution >= 4 is 0 Å². The zero-order valence-electron chi connectivity index (χ0n) is 11.8. The molecule has 0 spiro atoms. The van der Waals surface area contributed by atoms with Crippen LogP contribution in [0.1, 0.15) is 19.9 Å². The Kier molecular flexibility index (Phi) is 3.38. The summed E-state index contributed by atoms with van der Waals surface area (Å²) in [6, 6.07) is 21.2. The molecule has 2 heteroatoms. The molecule has 0 fully saturated rings. The molecule has 0 radical (unpaired) electrons. The lowest BCUT2D eigenvalue weighted by atomic mass is 10.0. The SMILES string of the molecule is CC(C)n1cnc(-c2ccccc2)c1-c1ccccc1. The summed E-state index contributed by atoms with van der Waals surface area (Å²) in [6.45, 7) is 4.37. The van der Waals surface area contributed by atoms with Gasteiger partial charge in [-0.15, -0.1) is 0 Å². The Balaban J connectivity index is 2.22. The molecule has 0 amide bonds. The van der Waals surface area contributed by atoms with E-state index in [4.69, 9.17) is 0 Å². The largest absolute Gasteiger partial charge is 0.328 e. The summed E-state index contributed by atoms with van der Waals surface area (Å²) in [5.74, 6) is 0. The molecule has 3 aromatic rings. The molecule has 2 aromatic carbocycles. The summed E-state index contributed by atoms with van der Waals surface area (Å²) in [4.78, 5) is 4.65. The maximum Gasteiger partial charge on any atom is 0.0963 e. The number of hydrogen-bond donors (Lipinski definition) is 0. The molecule has 0 aliphatic heterocycles. The van der Waals surface area contributed by atoms with Crippen LogP contribution < -0.4 is 0 Å². The molecule has 1 aromatic heterocycles. The number of rotatable bonds is 3. The molecule has 3 rings (SSSR count). The minimum atomic E-state index is 0.384. The summed E-state index contributed by atoms with van der Waals surface area (Å²) in [5.41, 5.74) is 4.60. The van der Waals surface area contributed by atoms with E-state index in [2.05, 4.69) is 71.9 Å². The lowest BCUT2D eigenvalue weighted by Gasteiger charge is -2.13. The first-order valence-corrected chi connectivity index (χ1v) is 6.95. The van der Waals surface area contributed by atoms with Gasteiger partial charge >= 0.3 is 0 Å². The van der Waals surface area contributed by atoms with Gasteiger partial charge in [-0.3, -0.25) is 0 Å². The molecule has 2 nitrogen and oxygen atoms in total. The van der Waals surface area contributed by atoms with Crippen LogP contribution in [0.25, 0.3) is 22.5 Å². The lowest BCUT2D eigenvalue weighted by molar-refractivity contribution is 0.605. The van der Waals surface area contributed by atoms with E-state index in [1.165, 1.54) is 11.3 Å². The molecule has 0 aliphatic carbocycles. The van der Waals surface area contributed by atoms with Crippen LogP contribution in [0, 0.1) is 0 Å². The molecular formula is C18H18N2. The zero-order valence-corrected chi connectivity index (χ0v) is 11.8. The maximum absolute atomic E-state index is 4.65. The van der Waals surface area contributed by atoms with E-state index in [9.17, 15) is 0 Å². The van der Waals surface area contributed by atoms with E-state index < -0.39 is 0 Å². The van der Waals surface area contributed by atoms with Gasteiger partial charge < -0.3 is 4.57 Å². The molecular weight excluding hydrogens is 244 g/mol. The topological polar surface area (TPSA) is 17.8 Å². The minimum Gasteiger partial charge on any atom is -0.328 e. The molecule has 0 bridgehead atoms. The molecule has 100 valence electrons. The van der Waals surface area contributed by atoms with E-state index >= 15 is 0 Å². The van der Waals surface area contributed by atoms with Crippen molar-refractivity contribution < 1.29 is 0 Å². The van der Waals surface area contributed by atoms with Crippen LogP contribution in [0.3, 0.4) is 0 Å². The summed E-state index contributed by atoms with van der Waals surface area (Å²) in [6.07, 6.45) is 1.94. The van der Waals surface area contributed by atoms with Crippen molar-refractivity contribution in [3.63, 3.8) is 0 Å². The first-order valence-electron chi connectivity index (χ1n) is 6.95. The van der Waals surface area contributed by atoms with Crippen LogP contribution in [0.4, 0.5) is 0 Å². The maximum atomic E-state index is 4.65. The van der Waals surface area contributed by atoms with E-state index in [1.54, 1.807) is 0 Å². The monoisotopic (exact) mass is 262 g/mol. The van der Waals surface area contributed by atoms with Crippen LogP contribution in [0.15, 0.2) is 67.0 Å². The van der Waals surface area contributed by atoms with Crippen molar-refractivity contribution in [3.05, 3.63) is 67.0 Å². The normalized spacial score (nSPS) is 10.9. The van der Waals surface area contributed by atoms with Gasteiger partial charge in [0, 0.05) is 17.2 Å². The standard InChI is InChI=1S/C18H18N2/c1-14(2)20-13-19-17(15-9-5-3-6-10-15)18(20)16-11-7-4-8-12-16/h3-14H,1-2H3. The highest BCUT2D eigenvalue weighted by Crippen LogP contribution is 2.32. The van der Waals surface area contributed by atoms with Gasteiger partial charge in [-0.25, -0.2) is 4.98 Å². The first kappa shape index (κ1) is 12.7. The van der Waals surface area contributed by atoms with Crippen LogP contribution in [0.2, 0.25) is 0 Å². The van der Waals surface area contributed by atoms with Crippen LogP contribution in [-0.2, 0) is 0 Å². The fraction of sp³-hybridized carbons (Fsp3) is 0.167. The van der Waals surface area contributed by atoms with Gasteiger partial charge in [-0.05, 0) is 13.8 Å². The van der Waals surface area contributed by atoms with Gasteiger partial charge in [0.15, 0.2) is 0 Å². The summed E-state index contributed by atoms with van der Waals surface area (Å²) < 4.78 is 2.23. The first-order chi connectivity index (χ1) is 9.77. The number of nitrogens with zero attached hydrogens (tertiary/aromatic N) is 2. The molecule has 0 atom stereocenters. The fourth-order valence-electron chi connectivity index (χ4n) is 2.44. The average molecular weight is 262 g/mol. The second-order valence-corrected chi connectivity index (χ2v) is 5.17. The van der Waals surface area contributed by atoms with Gasteiger partial charge in [0.25, 0.3) is 0 Å². The Morgan fingerprint density at radius 3 is 1.90 bits per heavy atom. The van der Waals surface area contributed by atoms with Crippen molar-refractivity contribution in [2.75, 3.05) is 0 Å². The molecule has 0 saturated heterocycles. The number of aromatic nitrogens is 2. The van der Waals surface area contributed by atoms with Crippen molar-refractivity contribution in [1.29, 1.82) is 0 Å². The summed E-state index contributed by atoms with van der Waals surface area (Å²) in [5, 5.41) is 0. The summed E-state index contributed by atoms with van der Waals surface area (Å²) >= 11 is 0. The fourth-order valence-corrected chi connectivity index (χ4v) is 2.44. The van der Waals surface area contributed by atoms with Crippen LogP contribution in [0.5, 0.6) is 0 Å².